The highest BCUT2D eigenvalue weighted by Gasteiger charge is 2.37. The number of azo groups is 1. The van der Waals surface area contributed by atoms with E-state index in [1.807, 2.05) is 12.1 Å². The minimum atomic E-state index is -4.81. The number of hydrogen-bond acceptors (Lipinski definition) is 3. The predicted octanol–water partition coefficient (Wildman–Crippen LogP) is 5.54. The molecule has 0 bridgehead atoms. The van der Waals surface area contributed by atoms with Crippen LogP contribution in [-0.2, 0) is 11.2 Å². The van der Waals surface area contributed by atoms with Crippen molar-refractivity contribution >= 4 is 33.1 Å². The molecule has 2 aromatic rings. The van der Waals surface area contributed by atoms with Gasteiger partial charge in [-0.3, -0.25) is 4.79 Å². The fourth-order valence-electron chi connectivity index (χ4n) is 1.59. The molecule has 0 fully saturated rings. The first-order chi connectivity index (χ1) is 10.3. The number of carbonyl (C=O) groups excluding carboxylic acids is 1. The lowest BCUT2D eigenvalue weighted by Gasteiger charge is -2.04. The van der Waals surface area contributed by atoms with E-state index in [1.165, 1.54) is 24.3 Å². The molecule has 0 heterocycles. The molecule has 2 aromatic carbocycles. The van der Waals surface area contributed by atoms with E-state index in [-0.39, 0.29) is 5.56 Å². The first-order valence-electron chi connectivity index (χ1n) is 6.21. The van der Waals surface area contributed by atoms with Crippen molar-refractivity contribution in [2.45, 2.75) is 12.6 Å². The number of rotatable bonds is 4. The Morgan fingerprint density at radius 2 is 1.36 bits per heavy atom. The summed E-state index contributed by atoms with van der Waals surface area (Å²) in [6, 6.07) is 13.1. The quantitative estimate of drug-likeness (QED) is 0.651. The van der Waals surface area contributed by atoms with Gasteiger partial charge < -0.3 is 0 Å². The topological polar surface area (TPSA) is 41.8 Å². The number of nitrogens with zero attached hydrogens (tertiary/aromatic N) is 2. The fraction of sp³-hybridized carbons (Fsp3) is 0.133. The third-order valence-corrected chi connectivity index (χ3v) is 3.25. The largest absolute Gasteiger partial charge is 0.450 e. The molecule has 0 atom stereocenters. The Kier molecular flexibility index (Phi) is 5.07. The third kappa shape index (κ3) is 4.77. The second kappa shape index (κ2) is 6.83. The van der Waals surface area contributed by atoms with Crippen LogP contribution in [0.2, 0.25) is 0 Å². The molecule has 0 saturated heterocycles. The van der Waals surface area contributed by atoms with Gasteiger partial charge >= 0.3 is 6.18 Å². The molecular formula is C15H10BrF3N2O. The van der Waals surface area contributed by atoms with Crippen LogP contribution < -0.4 is 0 Å². The Bertz CT molecular complexity index is 679. The fourth-order valence-corrected chi connectivity index (χ4v) is 1.85. The van der Waals surface area contributed by atoms with E-state index < -0.39 is 18.4 Å². The lowest BCUT2D eigenvalue weighted by molar-refractivity contribution is -0.170. The van der Waals surface area contributed by atoms with Gasteiger partial charge in [-0.1, -0.05) is 28.1 Å². The summed E-state index contributed by atoms with van der Waals surface area (Å²) >= 11 is 3.30. The van der Waals surface area contributed by atoms with E-state index in [1.54, 1.807) is 12.1 Å². The van der Waals surface area contributed by atoms with Gasteiger partial charge in [-0.15, -0.1) is 0 Å². The van der Waals surface area contributed by atoms with Gasteiger partial charge in [0, 0.05) is 10.9 Å². The van der Waals surface area contributed by atoms with Gasteiger partial charge in [-0.2, -0.15) is 23.4 Å². The number of benzene rings is 2. The van der Waals surface area contributed by atoms with E-state index in [2.05, 4.69) is 26.2 Å². The summed E-state index contributed by atoms with van der Waals surface area (Å²) in [4.78, 5) is 10.9. The Balaban J connectivity index is 2.03. The van der Waals surface area contributed by atoms with Gasteiger partial charge in [0.25, 0.3) is 0 Å². The van der Waals surface area contributed by atoms with Crippen molar-refractivity contribution in [1.29, 1.82) is 0 Å². The summed E-state index contributed by atoms with van der Waals surface area (Å²) in [5, 5.41) is 7.98. The van der Waals surface area contributed by atoms with Crippen LogP contribution in [0.5, 0.6) is 0 Å². The molecule has 114 valence electrons. The Labute approximate surface area is 133 Å². The molecular weight excluding hydrogens is 361 g/mol. The number of alkyl halides is 3. The van der Waals surface area contributed by atoms with E-state index >= 15 is 0 Å². The van der Waals surface area contributed by atoms with Crippen LogP contribution in [0.4, 0.5) is 24.5 Å². The summed E-state index contributed by atoms with van der Waals surface area (Å²) in [5.74, 6) is -1.77. The molecule has 22 heavy (non-hydrogen) atoms. The zero-order valence-corrected chi connectivity index (χ0v) is 12.7. The highest BCUT2D eigenvalue weighted by Crippen LogP contribution is 2.22. The predicted molar refractivity (Wildman–Crippen MR) is 79.5 cm³/mol. The van der Waals surface area contributed by atoms with Crippen molar-refractivity contribution in [3.63, 3.8) is 0 Å². The molecule has 0 aliphatic rings. The van der Waals surface area contributed by atoms with E-state index in [9.17, 15) is 18.0 Å². The second-order valence-electron chi connectivity index (χ2n) is 4.44. The molecule has 0 N–H and O–H groups in total. The molecule has 0 aliphatic carbocycles. The molecule has 0 amide bonds. The van der Waals surface area contributed by atoms with Crippen molar-refractivity contribution in [3.05, 3.63) is 58.6 Å². The Morgan fingerprint density at radius 3 is 1.82 bits per heavy atom. The van der Waals surface area contributed by atoms with Gasteiger partial charge in [0.05, 0.1) is 11.4 Å². The SMILES string of the molecule is O=C(Cc1ccc(N=Nc2ccc(Br)cc2)cc1)C(F)(F)F. The molecule has 0 radical (unpaired) electrons. The molecule has 0 aromatic heterocycles. The summed E-state index contributed by atoms with van der Waals surface area (Å²) < 4.78 is 37.4. The number of hydrogen-bond donors (Lipinski definition) is 0. The normalized spacial score (nSPS) is 11.8. The van der Waals surface area contributed by atoms with E-state index in [0.717, 1.165) is 4.47 Å². The van der Waals surface area contributed by atoms with E-state index in [4.69, 9.17) is 0 Å². The van der Waals surface area contributed by atoms with Crippen molar-refractivity contribution in [3.8, 4) is 0 Å². The third-order valence-electron chi connectivity index (χ3n) is 2.72. The standard InChI is InChI=1S/C15H10BrF3N2O/c16-11-3-7-13(8-4-11)21-20-12-5-1-10(2-6-12)9-14(22)15(17,18)19/h1-8H,9H2. The van der Waals surface area contributed by atoms with Gasteiger partial charge in [0.1, 0.15) is 0 Å². The Hall–Kier alpha value is -2.02. The minimum Gasteiger partial charge on any atom is -0.289 e. The van der Waals surface area contributed by atoms with Crippen molar-refractivity contribution < 1.29 is 18.0 Å². The summed E-state index contributed by atoms with van der Waals surface area (Å²) in [7, 11) is 0. The maximum absolute atomic E-state index is 12.2. The Morgan fingerprint density at radius 1 is 0.909 bits per heavy atom. The average molecular weight is 371 g/mol. The molecule has 0 spiro atoms. The van der Waals surface area contributed by atoms with Crippen LogP contribution in [0, 0.1) is 0 Å². The van der Waals surface area contributed by atoms with Crippen molar-refractivity contribution in [2.75, 3.05) is 0 Å². The first-order valence-corrected chi connectivity index (χ1v) is 7.00. The number of carbonyl (C=O) groups is 1. The minimum absolute atomic E-state index is 0.282. The average Bonchev–Trinajstić information content (AvgIpc) is 2.47. The maximum atomic E-state index is 12.2. The highest BCUT2D eigenvalue weighted by molar-refractivity contribution is 9.10. The van der Waals surface area contributed by atoms with Crippen LogP contribution in [0.1, 0.15) is 5.56 Å². The zero-order valence-electron chi connectivity index (χ0n) is 11.1. The first kappa shape index (κ1) is 16.4. The van der Waals surface area contributed by atoms with Crippen LogP contribution >= 0.6 is 15.9 Å². The van der Waals surface area contributed by atoms with Crippen LogP contribution in [0.25, 0.3) is 0 Å². The second-order valence-corrected chi connectivity index (χ2v) is 5.36. The molecule has 0 unspecified atom stereocenters. The van der Waals surface area contributed by atoms with E-state index in [0.29, 0.717) is 11.4 Å². The van der Waals surface area contributed by atoms with Crippen molar-refractivity contribution in [2.24, 2.45) is 10.2 Å². The highest BCUT2D eigenvalue weighted by atomic mass is 79.9. The number of Topliss-reactive ketones (excluding diaryl/α,β-unsaturated/α-hetero) is 1. The van der Waals surface area contributed by atoms with Gasteiger partial charge in [0.2, 0.25) is 5.78 Å². The monoisotopic (exact) mass is 370 g/mol. The molecule has 3 nitrogen and oxygen atoms in total. The zero-order chi connectivity index (χ0) is 16.2. The lowest BCUT2D eigenvalue weighted by Crippen LogP contribution is -2.24. The molecule has 2 rings (SSSR count). The maximum Gasteiger partial charge on any atom is 0.450 e. The molecule has 0 saturated carbocycles. The molecule has 0 aliphatic heterocycles. The van der Waals surface area contributed by atoms with Crippen LogP contribution in [-0.4, -0.2) is 12.0 Å². The summed E-state index contributed by atoms with van der Waals surface area (Å²) in [5.41, 5.74) is 1.43. The van der Waals surface area contributed by atoms with Crippen LogP contribution in [0.3, 0.4) is 0 Å². The lowest BCUT2D eigenvalue weighted by atomic mass is 10.1. The van der Waals surface area contributed by atoms with Gasteiger partial charge in [-0.05, 0) is 42.0 Å². The van der Waals surface area contributed by atoms with Crippen LogP contribution in [0.15, 0.2) is 63.2 Å². The summed E-state index contributed by atoms with van der Waals surface area (Å²) in [6.45, 7) is 0. The summed E-state index contributed by atoms with van der Waals surface area (Å²) in [6.07, 6.45) is -5.48. The molecule has 7 heteroatoms. The smallest absolute Gasteiger partial charge is 0.289 e. The van der Waals surface area contributed by atoms with Gasteiger partial charge in [-0.25, -0.2) is 0 Å². The van der Waals surface area contributed by atoms with Crippen molar-refractivity contribution in [1.82, 2.24) is 0 Å². The van der Waals surface area contributed by atoms with Gasteiger partial charge in [0.15, 0.2) is 0 Å². The number of halogens is 4. The number of ketones is 1.